The summed E-state index contributed by atoms with van der Waals surface area (Å²) in [5, 5.41) is 7.93. The zero-order chi connectivity index (χ0) is 17.0. The van der Waals surface area contributed by atoms with Crippen LogP contribution in [0.25, 0.3) is 0 Å². The first-order chi connectivity index (χ1) is 10.8. The van der Waals surface area contributed by atoms with Crippen LogP contribution in [0.2, 0.25) is 0 Å². The molecule has 23 heavy (non-hydrogen) atoms. The molecule has 7 nitrogen and oxygen atoms in total. The number of carbonyl (C=O) groups is 1. The third-order valence-corrected chi connectivity index (χ3v) is 5.03. The van der Waals surface area contributed by atoms with Crippen LogP contribution in [0.15, 0.2) is 29.2 Å². The van der Waals surface area contributed by atoms with Gasteiger partial charge in [0.2, 0.25) is 10.0 Å². The van der Waals surface area contributed by atoms with Crippen molar-refractivity contribution in [2.24, 2.45) is 5.14 Å². The molecule has 1 aromatic rings. The number of urea groups is 1. The van der Waals surface area contributed by atoms with Gasteiger partial charge >= 0.3 is 6.03 Å². The van der Waals surface area contributed by atoms with Gasteiger partial charge in [-0.2, -0.15) is 0 Å². The summed E-state index contributed by atoms with van der Waals surface area (Å²) < 4.78 is 28.0. The summed E-state index contributed by atoms with van der Waals surface area (Å²) >= 11 is 0. The zero-order valence-electron chi connectivity index (χ0n) is 13.4. The molecule has 128 valence electrons. The number of primary sulfonamides is 1. The van der Waals surface area contributed by atoms with Gasteiger partial charge in [0.1, 0.15) is 0 Å². The Balaban J connectivity index is 1.95. The van der Waals surface area contributed by atoms with Crippen LogP contribution in [0.1, 0.15) is 31.4 Å². The van der Waals surface area contributed by atoms with Gasteiger partial charge in [0.25, 0.3) is 0 Å². The van der Waals surface area contributed by atoms with E-state index in [-0.39, 0.29) is 23.1 Å². The Morgan fingerprint density at radius 2 is 2.09 bits per heavy atom. The lowest BCUT2D eigenvalue weighted by atomic mass is 10.1. The summed E-state index contributed by atoms with van der Waals surface area (Å²) in [5.41, 5.74) is 0.826. The summed E-state index contributed by atoms with van der Waals surface area (Å²) in [5.74, 6) is 0. The van der Waals surface area contributed by atoms with Crippen LogP contribution in [-0.4, -0.2) is 45.7 Å². The van der Waals surface area contributed by atoms with E-state index in [4.69, 9.17) is 9.88 Å². The Bertz CT molecular complexity index is 639. The van der Waals surface area contributed by atoms with E-state index in [9.17, 15) is 13.2 Å². The second kappa shape index (κ2) is 7.29. The number of nitrogens with zero attached hydrogens (tertiary/aromatic N) is 1. The predicted molar refractivity (Wildman–Crippen MR) is 86.4 cm³/mol. The molecule has 0 radical (unpaired) electrons. The lowest BCUT2D eigenvalue weighted by molar-refractivity contribution is 0.108. The van der Waals surface area contributed by atoms with Gasteiger partial charge in [-0.05, 0) is 37.5 Å². The zero-order valence-corrected chi connectivity index (χ0v) is 14.2. The molecule has 0 aromatic heterocycles. The van der Waals surface area contributed by atoms with Crippen molar-refractivity contribution in [2.45, 2.75) is 36.8 Å². The number of ether oxygens (including phenoxy) is 1. The predicted octanol–water partition coefficient (Wildman–Crippen LogP) is 1.22. The van der Waals surface area contributed by atoms with Crippen LogP contribution in [0.5, 0.6) is 0 Å². The standard InChI is InChI=1S/C15H23N3O4S/c1-11(12-5-7-14(8-6-12)23(16,20)21)18(2)15(19)17-10-13-4-3-9-22-13/h5-8,11,13H,3-4,9-10H2,1-2H3,(H,17,19)(H2,16,20,21)/t11-,13+/m1/s1. The van der Waals surface area contributed by atoms with E-state index < -0.39 is 10.0 Å². The van der Waals surface area contributed by atoms with Crippen LogP contribution in [0, 0.1) is 0 Å². The number of rotatable bonds is 5. The first kappa shape index (κ1) is 17.7. The smallest absolute Gasteiger partial charge is 0.317 e. The topological polar surface area (TPSA) is 102 Å². The molecule has 1 fully saturated rings. The van der Waals surface area contributed by atoms with Gasteiger partial charge < -0.3 is 15.0 Å². The van der Waals surface area contributed by atoms with Gasteiger partial charge in [-0.25, -0.2) is 18.4 Å². The average molecular weight is 341 g/mol. The van der Waals surface area contributed by atoms with Crippen molar-refractivity contribution in [2.75, 3.05) is 20.2 Å². The Morgan fingerprint density at radius 1 is 1.43 bits per heavy atom. The minimum absolute atomic E-state index is 0.0546. The normalized spacial score (nSPS) is 19.3. The van der Waals surface area contributed by atoms with E-state index in [0.29, 0.717) is 6.54 Å². The van der Waals surface area contributed by atoms with E-state index in [1.807, 2.05) is 6.92 Å². The van der Waals surface area contributed by atoms with Crippen molar-refractivity contribution in [3.8, 4) is 0 Å². The number of sulfonamides is 1. The number of nitrogens with one attached hydrogen (secondary N) is 1. The number of hydrogen-bond donors (Lipinski definition) is 2. The maximum Gasteiger partial charge on any atom is 0.317 e. The second-order valence-corrected chi connectivity index (χ2v) is 7.28. The second-order valence-electron chi connectivity index (χ2n) is 5.72. The average Bonchev–Trinajstić information content (AvgIpc) is 3.04. The summed E-state index contributed by atoms with van der Waals surface area (Å²) in [6, 6.07) is 5.82. The monoisotopic (exact) mass is 341 g/mol. The quantitative estimate of drug-likeness (QED) is 0.840. The highest BCUT2D eigenvalue weighted by Gasteiger charge is 2.21. The first-order valence-corrected chi connectivity index (χ1v) is 9.08. The minimum atomic E-state index is -3.71. The van der Waals surface area contributed by atoms with E-state index in [1.54, 1.807) is 24.1 Å². The fourth-order valence-electron chi connectivity index (χ4n) is 2.47. The lowest BCUT2D eigenvalue weighted by Crippen LogP contribution is -2.41. The molecule has 1 aliphatic rings. The number of hydrogen-bond acceptors (Lipinski definition) is 4. The fourth-order valence-corrected chi connectivity index (χ4v) is 2.98. The molecule has 2 rings (SSSR count). The molecule has 8 heteroatoms. The maximum absolute atomic E-state index is 12.2. The fraction of sp³-hybridized carbons (Fsp3) is 0.533. The van der Waals surface area contributed by atoms with Crippen LogP contribution in [0.3, 0.4) is 0 Å². The van der Waals surface area contributed by atoms with Crippen LogP contribution in [-0.2, 0) is 14.8 Å². The third kappa shape index (κ3) is 4.66. The highest BCUT2D eigenvalue weighted by Crippen LogP contribution is 2.20. The number of benzene rings is 1. The largest absolute Gasteiger partial charge is 0.376 e. The van der Waals surface area contributed by atoms with Gasteiger partial charge in [-0.3, -0.25) is 0 Å². The van der Waals surface area contributed by atoms with Crippen molar-refractivity contribution >= 4 is 16.1 Å². The summed E-state index contributed by atoms with van der Waals surface area (Å²) in [6.45, 7) is 3.13. The molecule has 1 heterocycles. The molecule has 1 aromatic carbocycles. The Kier molecular flexibility index (Phi) is 5.61. The van der Waals surface area contributed by atoms with Crippen molar-refractivity contribution in [3.63, 3.8) is 0 Å². The molecule has 0 saturated carbocycles. The van der Waals surface area contributed by atoms with Crippen molar-refractivity contribution in [1.82, 2.24) is 10.2 Å². The molecule has 2 amide bonds. The molecule has 3 N–H and O–H groups in total. The van der Waals surface area contributed by atoms with Crippen LogP contribution in [0.4, 0.5) is 4.79 Å². The minimum Gasteiger partial charge on any atom is -0.376 e. The molecule has 0 aliphatic carbocycles. The Labute approximate surface area is 136 Å². The van der Waals surface area contributed by atoms with Gasteiger partial charge in [0, 0.05) is 20.2 Å². The lowest BCUT2D eigenvalue weighted by Gasteiger charge is -2.26. The van der Waals surface area contributed by atoms with Crippen LogP contribution < -0.4 is 10.5 Å². The molecular formula is C15H23N3O4S. The molecule has 0 unspecified atom stereocenters. The van der Waals surface area contributed by atoms with Crippen LogP contribution >= 0.6 is 0 Å². The van der Waals surface area contributed by atoms with Crippen molar-refractivity contribution < 1.29 is 17.9 Å². The van der Waals surface area contributed by atoms with Gasteiger partial charge in [0.15, 0.2) is 0 Å². The first-order valence-electron chi connectivity index (χ1n) is 7.54. The molecule has 1 saturated heterocycles. The maximum atomic E-state index is 12.2. The van der Waals surface area contributed by atoms with E-state index in [2.05, 4.69) is 5.32 Å². The van der Waals surface area contributed by atoms with Gasteiger partial charge in [0.05, 0.1) is 17.0 Å². The SMILES string of the molecule is C[C@H](c1ccc(S(N)(=O)=O)cc1)N(C)C(=O)NC[C@@H]1CCCO1. The van der Waals surface area contributed by atoms with Crippen molar-refractivity contribution in [1.29, 1.82) is 0 Å². The van der Waals surface area contributed by atoms with Gasteiger partial charge in [-0.1, -0.05) is 12.1 Å². The highest BCUT2D eigenvalue weighted by molar-refractivity contribution is 7.89. The summed E-state index contributed by atoms with van der Waals surface area (Å²) in [7, 11) is -2.01. The van der Waals surface area contributed by atoms with Crippen molar-refractivity contribution in [3.05, 3.63) is 29.8 Å². The number of nitrogens with two attached hydrogens (primary N) is 1. The summed E-state index contributed by atoms with van der Waals surface area (Å²) in [6.07, 6.45) is 2.09. The van der Waals surface area contributed by atoms with E-state index in [1.165, 1.54) is 12.1 Å². The number of carbonyl (C=O) groups excluding carboxylic acids is 1. The summed E-state index contributed by atoms with van der Waals surface area (Å²) in [4.78, 5) is 13.8. The molecule has 1 aliphatic heterocycles. The number of amides is 2. The molecule has 0 bridgehead atoms. The molecular weight excluding hydrogens is 318 g/mol. The molecule has 0 spiro atoms. The third-order valence-electron chi connectivity index (χ3n) is 4.10. The Morgan fingerprint density at radius 3 is 2.61 bits per heavy atom. The highest BCUT2D eigenvalue weighted by atomic mass is 32.2. The molecule has 2 atom stereocenters. The van der Waals surface area contributed by atoms with Gasteiger partial charge in [-0.15, -0.1) is 0 Å². The van der Waals surface area contributed by atoms with E-state index >= 15 is 0 Å². The van der Waals surface area contributed by atoms with E-state index in [0.717, 1.165) is 25.0 Å². The Hall–Kier alpha value is -1.64.